The summed E-state index contributed by atoms with van der Waals surface area (Å²) in [6.07, 6.45) is 3.70. The van der Waals surface area contributed by atoms with Crippen LogP contribution < -0.4 is 24.4 Å². The maximum atomic E-state index is 14.3. The molecule has 0 fully saturated rings. The van der Waals surface area contributed by atoms with Crippen LogP contribution in [0, 0.1) is 6.92 Å². The Labute approximate surface area is 268 Å². The molecule has 0 bridgehead atoms. The van der Waals surface area contributed by atoms with E-state index in [1.807, 2.05) is 73.8 Å². The lowest BCUT2D eigenvalue weighted by Crippen LogP contribution is -2.39. The predicted octanol–water partition coefficient (Wildman–Crippen LogP) is 4.50. The summed E-state index contributed by atoms with van der Waals surface area (Å²) in [6, 6.07) is 21.8. The average molecular weight is 635 g/mol. The van der Waals surface area contributed by atoms with Crippen LogP contribution >= 0.6 is 11.3 Å². The number of rotatable bonds is 7. The van der Waals surface area contributed by atoms with E-state index in [-0.39, 0.29) is 22.6 Å². The van der Waals surface area contributed by atoms with Gasteiger partial charge in [-0.2, -0.15) is 5.10 Å². The Morgan fingerprint density at radius 1 is 0.957 bits per heavy atom. The molecule has 0 N–H and O–H groups in total. The highest BCUT2D eigenvalue weighted by molar-refractivity contribution is 7.07. The molecule has 11 heteroatoms. The zero-order valence-electron chi connectivity index (χ0n) is 25.8. The predicted molar refractivity (Wildman–Crippen MR) is 174 cm³/mol. The van der Waals surface area contributed by atoms with Crippen LogP contribution in [0.25, 0.3) is 23.0 Å². The summed E-state index contributed by atoms with van der Waals surface area (Å²) >= 11 is 1.22. The van der Waals surface area contributed by atoms with Gasteiger partial charge in [-0.3, -0.25) is 14.2 Å². The number of carbonyl (C=O) groups excluding carboxylic acids is 2. The van der Waals surface area contributed by atoms with E-state index in [0.29, 0.717) is 26.3 Å². The quantitative estimate of drug-likeness (QED) is 0.191. The van der Waals surface area contributed by atoms with Crippen molar-refractivity contribution in [2.75, 3.05) is 14.2 Å². The van der Waals surface area contributed by atoms with Crippen molar-refractivity contribution in [3.8, 4) is 28.4 Å². The van der Waals surface area contributed by atoms with E-state index in [1.54, 1.807) is 29.8 Å². The van der Waals surface area contributed by atoms with E-state index in [0.717, 1.165) is 22.4 Å². The summed E-state index contributed by atoms with van der Waals surface area (Å²) < 4.78 is 19.6. The molecule has 1 aliphatic rings. The SMILES string of the molecule is COC(=O)C1=C(C)N=c2s/c(=C\c3cn(-c4ccccc4)nc3-c3ccc(C)cc3)c(=O)n2C1c1ccc(OC(C)=O)c(OC)c1. The number of methoxy groups -OCH3 is 2. The molecule has 5 aromatic rings. The van der Waals surface area contributed by atoms with E-state index in [4.69, 9.17) is 19.3 Å². The fourth-order valence-corrected chi connectivity index (χ4v) is 6.42. The first-order chi connectivity index (χ1) is 22.2. The summed E-state index contributed by atoms with van der Waals surface area (Å²) in [5, 5.41) is 4.90. The second-order valence-electron chi connectivity index (χ2n) is 10.7. The van der Waals surface area contributed by atoms with Crippen molar-refractivity contribution in [2.24, 2.45) is 4.99 Å². The number of fused-ring (bicyclic) bond motifs is 1. The molecule has 2 aromatic heterocycles. The van der Waals surface area contributed by atoms with Crippen molar-refractivity contribution in [1.29, 1.82) is 0 Å². The van der Waals surface area contributed by atoms with Gasteiger partial charge >= 0.3 is 11.9 Å². The Morgan fingerprint density at radius 3 is 2.37 bits per heavy atom. The number of nitrogens with zero attached hydrogens (tertiary/aromatic N) is 4. The van der Waals surface area contributed by atoms with Gasteiger partial charge in [0.15, 0.2) is 16.3 Å². The van der Waals surface area contributed by atoms with Gasteiger partial charge in [0.25, 0.3) is 5.56 Å². The fraction of sp³-hybridized carbons (Fsp3) is 0.171. The highest BCUT2D eigenvalue weighted by Crippen LogP contribution is 2.36. The summed E-state index contributed by atoms with van der Waals surface area (Å²) in [7, 11) is 2.73. The van der Waals surface area contributed by atoms with Crippen LogP contribution in [0.15, 0.2) is 100 Å². The number of benzene rings is 3. The molecule has 0 radical (unpaired) electrons. The Balaban J connectivity index is 1.56. The molecule has 232 valence electrons. The number of para-hydroxylation sites is 1. The molecule has 46 heavy (non-hydrogen) atoms. The number of hydrogen-bond acceptors (Lipinski definition) is 9. The van der Waals surface area contributed by atoms with E-state index < -0.39 is 18.0 Å². The minimum atomic E-state index is -0.880. The van der Waals surface area contributed by atoms with Crippen molar-refractivity contribution in [3.63, 3.8) is 0 Å². The molecule has 10 nitrogen and oxygen atoms in total. The number of ether oxygens (including phenoxy) is 3. The molecule has 1 aliphatic heterocycles. The van der Waals surface area contributed by atoms with Crippen molar-refractivity contribution >= 4 is 29.4 Å². The van der Waals surface area contributed by atoms with Crippen LogP contribution in [-0.2, 0) is 14.3 Å². The first kappa shape index (κ1) is 30.5. The Kier molecular flexibility index (Phi) is 8.25. The van der Waals surface area contributed by atoms with E-state index in [2.05, 4.69) is 4.99 Å². The van der Waals surface area contributed by atoms with Gasteiger partial charge in [-0.1, -0.05) is 65.4 Å². The maximum absolute atomic E-state index is 14.3. The van der Waals surface area contributed by atoms with Gasteiger partial charge in [-0.05, 0) is 49.8 Å². The second-order valence-corrected chi connectivity index (χ2v) is 11.7. The van der Waals surface area contributed by atoms with Gasteiger partial charge in [-0.25, -0.2) is 14.5 Å². The highest BCUT2D eigenvalue weighted by Gasteiger charge is 2.34. The van der Waals surface area contributed by atoms with E-state index >= 15 is 0 Å². The largest absolute Gasteiger partial charge is 0.493 e. The van der Waals surface area contributed by atoms with Gasteiger partial charge in [0.1, 0.15) is 0 Å². The third-order valence-corrected chi connectivity index (χ3v) is 8.54. The average Bonchev–Trinajstić information content (AvgIpc) is 3.61. The molecular weight excluding hydrogens is 604 g/mol. The van der Waals surface area contributed by atoms with Crippen molar-refractivity contribution in [1.82, 2.24) is 14.3 Å². The Bertz CT molecular complexity index is 2190. The zero-order chi connectivity index (χ0) is 32.5. The molecule has 0 amide bonds. The Hall–Kier alpha value is -5.55. The molecule has 0 spiro atoms. The summed E-state index contributed by atoms with van der Waals surface area (Å²) in [4.78, 5) is 44.1. The fourth-order valence-electron chi connectivity index (χ4n) is 5.38. The highest BCUT2D eigenvalue weighted by atomic mass is 32.1. The van der Waals surface area contributed by atoms with Gasteiger partial charge in [0, 0.05) is 24.2 Å². The number of hydrogen-bond donors (Lipinski definition) is 0. The van der Waals surface area contributed by atoms with E-state index in [1.165, 1.54) is 37.0 Å². The zero-order valence-corrected chi connectivity index (χ0v) is 26.6. The lowest BCUT2D eigenvalue weighted by Gasteiger charge is -2.25. The van der Waals surface area contributed by atoms with Crippen LogP contribution in [0.4, 0.5) is 0 Å². The summed E-state index contributed by atoms with van der Waals surface area (Å²) in [5.41, 5.74) is 5.19. The van der Waals surface area contributed by atoms with Gasteiger partial charge in [0.05, 0.1) is 47.4 Å². The second kappa shape index (κ2) is 12.4. The van der Waals surface area contributed by atoms with Crippen molar-refractivity contribution in [2.45, 2.75) is 26.8 Å². The molecule has 3 aromatic carbocycles. The third kappa shape index (κ3) is 5.68. The normalized spacial score (nSPS) is 14.5. The summed E-state index contributed by atoms with van der Waals surface area (Å²) in [5.74, 6) is -0.643. The lowest BCUT2D eigenvalue weighted by molar-refractivity contribution is -0.136. The first-order valence-electron chi connectivity index (χ1n) is 14.4. The van der Waals surface area contributed by atoms with E-state index in [9.17, 15) is 14.4 Å². The number of aryl methyl sites for hydroxylation is 1. The number of thiazole rings is 1. The van der Waals surface area contributed by atoms with Crippen molar-refractivity contribution in [3.05, 3.63) is 127 Å². The molecule has 1 unspecified atom stereocenters. The molecule has 6 rings (SSSR count). The van der Waals surface area contributed by atoms with Gasteiger partial charge in [-0.15, -0.1) is 0 Å². The standard InChI is InChI=1S/C35H30N4O6S/c1-20-11-13-23(14-12-20)31-25(19-38(37-31)26-9-7-6-8-10-26)18-29-33(41)39-32(30(34(42)44-5)21(2)36-35(39)46-29)24-15-16-27(45-22(3)40)28(17-24)43-4/h6-19,32H,1-5H3/b29-18-. The van der Waals surface area contributed by atoms with Gasteiger partial charge < -0.3 is 14.2 Å². The molecular formula is C35H30N4O6S. The molecule has 0 aliphatic carbocycles. The first-order valence-corrected chi connectivity index (χ1v) is 15.2. The van der Waals surface area contributed by atoms with Crippen LogP contribution in [0.3, 0.4) is 0 Å². The number of carbonyl (C=O) groups is 2. The Morgan fingerprint density at radius 2 is 1.70 bits per heavy atom. The maximum Gasteiger partial charge on any atom is 0.338 e. The monoisotopic (exact) mass is 634 g/mol. The van der Waals surface area contributed by atoms with Gasteiger partial charge in [0.2, 0.25) is 0 Å². The number of aromatic nitrogens is 3. The lowest BCUT2D eigenvalue weighted by atomic mass is 9.95. The third-order valence-electron chi connectivity index (χ3n) is 7.56. The van der Waals surface area contributed by atoms with Crippen LogP contribution in [0.2, 0.25) is 0 Å². The van der Waals surface area contributed by atoms with Crippen LogP contribution in [0.1, 0.15) is 36.6 Å². The van der Waals surface area contributed by atoms with Crippen molar-refractivity contribution < 1.29 is 23.8 Å². The molecule has 0 saturated heterocycles. The topological polar surface area (TPSA) is 114 Å². The minimum absolute atomic E-state index is 0.209. The van der Waals surface area contributed by atoms with Crippen LogP contribution in [0.5, 0.6) is 11.5 Å². The smallest absolute Gasteiger partial charge is 0.338 e. The molecule has 1 atom stereocenters. The number of allylic oxidation sites excluding steroid dienone is 1. The number of esters is 2. The van der Waals surface area contributed by atoms with Crippen LogP contribution in [-0.4, -0.2) is 40.5 Å². The minimum Gasteiger partial charge on any atom is -0.493 e. The molecule has 3 heterocycles. The molecule has 0 saturated carbocycles. The summed E-state index contributed by atoms with van der Waals surface area (Å²) in [6.45, 7) is 5.02.